The van der Waals surface area contributed by atoms with Gasteiger partial charge in [0, 0.05) is 25.5 Å². The minimum Gasteiger partial charge on any atom is -0.483 e. The van der Waals surface area contributed by atoms with E-state index < -0.39 is 17.1 Å². The predicted molar refractivity (Wildman–Crippen MR) is 84.3 cm³/mol. The second-order valence-corrected chi connectivity index (χ2v) is 5.75. The summed E-state index contributed by atoms with van der Waals surface area (Å²) in [6.45, 7) is 5.06. The van der Waals surface area contributed by atoms with Crippen LogP contribution in [-0.4, -0.2) is 21.1 Å². The number of nitrogens with zero attached hydrogens (tertiary/aromatic N) is 2. The van der Waals surface area contributed by atoms with Crippen LogP contribution in [0.4, 0.5) is 0 Å². The summed E-state index contributed by atoms with van der Waals surface area (Å²) in [5.41, 5.74) is 0.347. The van der Waals surface area contributed by atoms with Crippen LogP contribution in [0.1, 0.15) is 26.3 Å². The van der Waals surface area contributed by atoms with E-state index in [9.17, 15) is 9.59 Å². The molecule has 0 radical (unpaired) electrons. The van der Waals surface area contributed by atoms with Crippen molar-refractivity contribution in [2.45, 2.75) is 26.4 Å². The van der Waals surface area contributed by atoms with E-state index in [1.807, 2.05) is 19.9 Å². The molecule has 0 aliphatic carbocycles. The molecule has 1 aliphatic rings. The highest BCUT2D eigenvalue weighted by atomic mass is 16.5. The maximum atomic E-state index is 12.6. The van der Waals surface area contributed by atoms with Crippen LogP contribution in [0, 0.1) is 0 Å². The van der Waals surface area contributed by atoms with Crippen molar-refractivity contribution in [3.05, 3.63) is 58.8 Å². The van der Waals surface area contributed by atoms with Crippen molar-refractivity contribution in [3.63, 3.8) is 0 Å². The highest BCUT2D eigenvalue weighted by Crippen LogP contribution is 2.35. The zero-order valence-electron chi connectivity index (χ0n) is 13.1. The normalized spacial score (nSPS) is 15.2. The van der Waals surface area contributed by atoms with Gasteiger partial charge in [-0.2, -0.15) is 0 Å². The first-order chi connectivity index (χ1) is 10.9. The smallest absolute Gasteiger partial charge is 0.308 e. The molecule has 118 valence electrons. The first-order valence-electron chi connectivity index (χ1n) is 7.14. The Hall–Kier alpha value is -2.89. The van der Waals surface area contributed by atoms with Gasteiger partial charge in [0.05, 0.1) is 11.3 Å². The molecule has 3 rings (SSSR count). The summed E-state index contributed by atoms with van der Waals surface area (Å²) in [7, 11) is 0. The fourth-order valence-corrected chi connectivity index (χ4v) is 2.48. The van der Waals surface area contributed by atoms with E-state index in [1.165, 1.54) is 17.6 Å². The molecule has 23 heavy (non-hydrogen) atoms. The number of esters is 1. The fourth-order valence-electron chi connectivity index (χ4n) is 2.48. The van der Waals surface area contributed by atoms with E-state index in [1.54, 1.807) is 30.7 Å². The van der Waals surface area contributed by atoms with Gasteiger partial charge in [0.1, 0.15) is 11.4 Å². The number of carbonyl (C=O) groups excluding carboxylic acids is 1. The minimum absolute atomic E-state index is 0.0179. The number of hydrogen-bond donors (Lipinski definition) is 0. The van der Waals surface area contributed by atoms with E-state index in [-0.39, 0.29) is 5.75 Å². The summed E-state index contributed by atoms with van der Waals surface area (Å²) in [4.78, 5) is 27.8. The molecule has 6 heteroatoms. The number of pyridine rings is 2. The number of hydrogen-bond acceptors (Lipinski definition) is 5. The van der Waals surface area contributed by atoms with Gasteiger partial charge in [-0.25, -0.2) is 0 Å². The van der Waals surface area contributed by atoms with E-state index >= 15 is 0 Å². The van der Waals surface area contributed by atoms with Gasteiger partial charge >= 0.3 is 5.97 Å². The number of ether oxygens (including phenoxy) is 2. The van der Waals surface area contributed by atoms with E-state index in [2.05, 4.69) is 4.98 Å². The molecule has 0 atom stereocenters. The maximum Gasteiger partial charge on any atom is 0.308 e. The van der Waals surface area contributed by atoms with Crippen LogP contribution in [0.2, 0.25) is 0 Å². The average molecular weight is 312 g/mol. The van der Waals surface area contributed by atoms with Gasteiger partial charge in [0.2, 0.25) is 0 Å². The largest absolute Gasteiger partial charge is 0.483 e. The highest BCUT2D eigenvalue weighted by Gasteiger charge is 2.28. The van der Waals surface area contributed by atoms with Crippen molar-refractivity contribution in [1.29, 1.82) is 0 Å². The van der Waals surface area contributed by atoms with E-state index in [0.717, 1.165) is 0 Å². The van der Waals surface area contributed by atoms with Crippen molar-refractivity contribution in [1.82, 2.24) is 9.55 Å². The number of rotatable bonds is 2. The lowest BCUT2D eigenvalue weighted by atomic mass is 10.0. The lowest BCUT2D eigenvalue weighted by molar-refractivity contribution is -0.132. The lowest BCUT2D eigenvalue weighted by Gasteiger charge is -2.31. The summed E-state index contributed by atoms with van der Waals surface area (Å²) in [6, 6.07) is 4.87. The Balaban J connectivity index is 2.19. The molecule has 0 unspecified atom stereocenters. The van der Waals surface area contributed by atoms with Gasteiger partial charge in [-0.1, -0.05) is 0 Å². The van der Waals surface area contributed by atoms with E-state index in [4.69, 9.17) is 9.47 Å². The Morgan fingerprint density at radius 1 is 1.35 bits per heavy atom. The molecule has 0 saturated heterocycles. The number of carbonyl (C=O) groups is 1. The molecular formula is C17H16N2O4. The van der Waals surface area contributed by atoms with Crippen LogP contribution in [-0.2, 0) is 4.79 Å². The topological polar surface area (TPSA) is 70.4 Å². The van der Waals surface area contributed by atoms with E-state index in [0.29, 0.717) is 17.0 Å². The zero-order valence-corrected chi connectivity index (χ0v) is 13.1. The Bertz CT molecular complexity index is 865. The van der Waals surface area contributed by atoms with Gasteiger partial charge in [0.25, 0.3) is 5.56 Å². The quantitative estimate of drug-likeness (QED) is 0.795. The molecular weight excluding hydrogens is 296 g/mol. The first kappa shape index (κ1) is 15.0. The second-order valence-electron chi connectivity index (χ2n) is 5.75. The molecule has 0 N–H and O–H groups in total. The third-order valence-corrected chi connectivity index (χ3v) is 3.34. The summed E-state index contributed by atoms with van der Waals surface area (Å²) < 4.78 is 12.3. The molecule has 2 aromatic heterocycles. The Morgan fingerprint density at radius 2 is 2.13 bits per heavy atom. The zero-order chi connectivity index (χ0) is 16.6. The standard InChI is InChI=1S/C17H16N2O4/c1-11(20)22-15-5-4-8-19(16(15)21)13-9-17(2,3)23-14-6-7-18-10-12(13)14/h4-10H,1-3H3. The van der Waals surface area contributed by atoms with Crippen molar-refractivity contribution in [2.24, 2.45) is 0 Å². The predicted octanol–water partition coefficient (Wildman–Crippen LogP) is 2.23. The number of fused-ring (bicyclic) bond motifs is 1. The van der Waals surface area contributed by atoms with Crippen LogP contribution in [0.3, 0.4) is 0 Å². The van der Waals surface area contributed by atoms with Crippen LogP contribution in [0.25, 0.3) is 5.70 Å². The van der Waals surface area contributed by atoms with Crippen molar-refractivity contribution >= 4 is 11.7 Å². The molecule has 3 heterocycles. The SMILES string of the molecule is CC(=O)Oc1cccn(C2=CC(C)(C)Oc3ccncc32)c1=O. The minimum atomic E-state index is -0.583. The lowest BCUT2D eigenvalue weighted by Crippen LogP contribution is -2.32. The van der Waals surface area contributed by atoms with Crippen molar-refractivity contribution < 1.29 is 14.3 Å². The summed E-state index contributed by atoms with van der Waals surface area (Å²) in [5.74, 6) is 0.0890. The first-order valence-corrected chi connectivity index (χ1v) is 7.14. The molecule has 1 aliphatic heterocycles. The Morgan fingerprint density at radius 3 is 2.87 bits per heavy atom. The molecule has 0 spiro atoms. The van der Waals surface area contributed by atoms with Gasteiger partial charge in [-0.3, -0.25) is 19.1 Å². The summed E-state index contributed by atoms with van der Waals surface area (Å²) >= 11 is 0. The molecule has 0 saturated carbocycles. The van der Waals surface area contributed by atoms with Crippen molar-refractivity contribution in [3.8, 4) is 11.5 Å². The molecule has 6 nitrogen and oxygen atoms in total. The van der Waals surface area contributed by atoms with Crippen LogP contribution in [0.5, 0.6) is 11.5 Å². The Labute approximate surface area is 133 Å². The molecule has 0 bridgehead atoms. The van der Waals surface area contributed by atoms with Gasteiger partial charge in [-0.15, -0.1) is 0 Å². The maximum absolute atomic E-state index is 12.6. The van der Waals surface area contributed by atoms with Crippen LogP contribution >= 0.6 is 0 Å². The van der Waals surface area contributed by atoms with Crippen LogP contribution in [0.15, 0.2) is 47.7 Å². The fraction of sp³-hybridized carbons (Fsp3) is 0.235. The van der Waals surface area contributed by atoms with Gasteiger partial charge in [-0.05, 0) is 38.1 Å². The Kier molecular flexibility index (Phi) is 3.52. The summed E-state index contributed by atoms with van der Waals surface area (Å²) in [6.07, 6.45) is 6.74. The molecule has 0 fully saturated rings. The molecule has 0 amide bonds. The molecule has 2 aromatic rings. The third kappa shape index (κ3) is 2.88. The van der Waals surface area contributed by atoms with Crippen molar-refractivity contribution in [2.75, 3.05) is 0 Å². The third-order valence-electron chi connectivity index (χ3n) is 3.34. The average Bonchev–Trinajstić information content (AvgIpc) is 2.47. The van der Waals surface area contributed by atoms with Gasteiger partial charge < -0.3 is 9.47 Å². The highest BCUT2D eigenvalue weighted by molar-refractivity contribution is 5.73. The van der Waals surface area contributed by atoms with Crippen LogP contribution < -0.4 is 15.0 Å². The second kappa shape index (κ2) is 5.39. The number of aromatic nitrogens is 2. The molecule has 0 aromatic carbocycles. The monoisotopic (exact) mass is 312 g/mol. The van der Waals surface area contributed by atoms with Gasteiger partial charge in [0.15, 0.2) is 5.75 Å². The summed E-state index contributed by atoms with van der Waals surface area (Å²) in [5, 5.41) is 0.